The number of hydrogen-bond acceptors (Lipinski definition) is 6. The van der Waals surface area contributed by atoms with Gasteiger partial charge in [0, 0.05) is 0 Å². The number of carbonyl (C=O) groups excluding carboxylic acids is 1. The number of methoxy groups -OCH3 is 1. The maximum absolute atomic E-state index is 13.3. The highest BCUT2D eigenvalue weighted by Gasteiger charge is 2.69. The first-order valence-electron chi connectivity index (χ1n) is 9.71. The number of sulfonamides is 1. The molecule has 0 aliphatic heterocycles. The van der Waals surface area contributed by atoms with E-state index < -0.39 is 50.1 Å². The summed E-state index contributed by atoms with van der Waals surface area (Å²) in [5, 5.41) is 0. The molecule has 2 rings (SSSR count). The van der Waals surface area contributed by atoms with Gasteiger partial charge in [-0.1, -0.05) is 12.1 Å². The fourth-order valence-corrected chi connectivity index (χ4v) is 4.17. The van der Waals surface area contributed by atoms with Crippen LogP contribution >= 0.6 is 0 Å². The lowest BCUT2D eigenvalue weighted by Crippen LogP contribution is -2.60. The van der Waals surface area contributed by atoms with Crippen LogP contribution < -0.4 is 14.8 Å². The van der Waals surface area contributed by atoms with Gasteiger partial charge in [0.1, 0.15) is 11.4 Å². The Morgan fingerprint density at radius 2 is 1.31 bits per heavy atom. The molecule has 0 radical (unpaired) electrons. The van der Waals surface area contributed by atoms with Crippen molar-refractivity contribution in [3.8, 4) is 5.75 Å². The predicted octanol–water partition coefficient (Wildman–Crippen LogP) is 5.10. The summed E-state index contributed by atoms with van der Waals surface area (Å²) in [6, 6.07) is 6.63. The van der Waals surface area contributed by atoms with Crippen LogP contribution in [0.2, 0.25) is 0 Å². The average Bonchev–Trinajstić information content (AvgIpc) is 2.70. The summed E-state index contributed by atoms with van der Waals surface area (Å²) in [7, 11) is -3.52. The lowest BCUT2D eigenvalue weighted by molar-refractivity contribution is -0.301. The molecule has 0 aliphatic carbocycles. The predicted molar refractivity (Wildman–Crippen MR) is 113 cm³/mol. The summed E-state index contributed by atoms with van der Waals surface area (Å²) < 4.78 is 116. The van der Waals surface area contributed by atoms with Crippen LogP contribution in [0, 0.1) is 0 Å². The Labute approximate surface area is 197 Å². The minimum Gasteiger partial charge on any atom is -0.497 e. The molecule has 0 aromatic heterocycles. The van der Waals surface area contributed by atoms with E-state index >= 15 is 0 Å². The van der Waals surface area contributed by atoms with Gasteiger partial charge >= 0.3 is 18.4 Å². The van der Waals surface area contributed by atoms with Crippen LogP contribution in [0.4, 0.5) is 36.8 Å². The topological polar surface area (TPSA) is 98.9 Å². The molecule has 0 fully saturated rings. The van der Waals surface area contributed by atoms with Crippen molar-refractivity contribution in [1.82, 2.24) is 0 Å². The van der Waals surface area contributed by atoms with Crippen molar-refractivity contribution < 1.29 is 49.0 Å². The third-order valence-electron chi connectivity index (χ3n) is 4.61. The number of benzene rings is 2. The zero-order valence-electron chi connectivity index (χ0n) is 18.9. The first-order chi connectivity index (χ1) is 15.8. The summed E-state index contributed by atoms with van der Waals surface area (Å²) in [5.41, 5.74) is -2.81. The van der Waals surface area contributed by atoms with Gasteiger partial charge in [-0.25, -0.2) is 13.2 Å². The van der Waals surface area contributed by atoms with Gasteiger partial charge in [0.05, 0.1) is 17.7 Å². The van der Waals surface area contributed by atoms with Gasteiger partial charge in [-0.05, 0) is 62.7 Å². The van der Waals surface area contributed by atoms with Crippen molar-refractivity contribution in [2.24, 2.45) is 5.73 Å². The van der Waals surface area contributed by atoms with Crippen molar-refractivity contribution in [3.05, 3.63) is 54.1 Å². The lowest BCUT2D eigenvalue weighted by Gasteiger charge is -2.34. The number of rotatable bonds is 5. The summed E-state index contributed by atoms with van der Waals surface area (Å²) in [6.45, 7) is 4.40. The number of amides is 1. The van der Waals surface area contributed by atoms with Crippen LogP contribution in [0.5, 0.6) is 5.75 Å². The van der Waals surface area contributed by atoms with Crippen LogP contribution in [-0.4, -0.2) is 39.6 Å². The number of nitrogens with zero attached hydrogens (tertiary/aromatic N) is 1. The molecule has 0 spiro atoms. The third-order valence-corrected chi connectivity index (χ3v) is 6.32. The highest BCUT2D eigenvalue weighted by molar-refractivity contribution is 7.93. The molecule has 2 aromatic rings. The number of carbonyl (C=O) groups is 1. The van der Waals surface area contributed by atoms with E-state index in [1.807, 2.05) is 0 Å². The Morgan fingerprint density at radius 1 is 0.857 bits per heavy atom. The minimum atomic E-state index is -5.93. The van der Waals surface area contributed by atoms with Crippen LogP contribution in [-0.2, 0) is 20.3 Å². The standard InChI is InChI=1S/C21H22F6N2O5S/c1-18(2,3)34-17(30)29(14-7-9-15(33-4)10-8-14)35(31,32)16-11-5-13(6-12-16)19(28,20(22,23)24)21(25,26)27/h5-12H,28H2,1-4H3. The van der Waals surface area contributed by atoms with E-state index in [0.29, 0.717) is 17.9 Å². The van der Waals surface area contributed by atoms with E-state index in [4.69, 9.17) is 15.2 Å². The minimum absolute atomic E-state index is 0.220. The summed E-state index contributed by atoms with van der Waals surface area (Å²) in [6.07, 6.45) is -13.2. The van der Waals surface area contributed by atoms with Gasteiger partial charge in [-0.2, -0.15) is 30.6 Å². The highest BCUT2D eigenvalue weighted by atomic mass is 32.2. The van der Waals surface area contributed by atoms with Crippen LogP contribution in [0.3, 0.4) is 0 Å². The largest absolute Gasteiger partial charge is 0.497 e. The molecule has 0 unspecified atom stereocenters. The molecule has 7 nitrogen and oxygen atoms in total. The van der Waals surface area contributed by atoms with Crippen molar-refractivity contribution in [2.75, 3.05) is 11.4 Å². The maximum atomic E-state index is 13.3. The van der Waals surface area contributed by atoms with E-state index in [2.05, 4.69) is 0 Å². The molecule has 0 atom stereocenters. The van der Waals surface area contributed by atoms with E-state index in [9.17, 15) is 39.6 Å². The Kier molecular flexibility index (Phi) is 7.44. The Bertz CT molecular complexity index is 1140. The van der Waals surface area contributed by atoms with Crippen molar-refractivity contribution >= 4 is 21.8 Å². The number of ether oxygens (including phenoxy) is 2. The van der Waals surface area contributed by atoms with Crippen molar-refractivity contribution in [1.29, 1.82) is 0 Å². The molecule has 0 saturated heterocycles. The Morgan fingerprint density at radius 3 is 1.69 bits per heavy atom. The van der Waals surface area contributed by atoms with Gasteiger partial charge < -0.3 is 15.2 Å². The Balaban J connectivity index is 2.63. The first-order valence-corrected chi connectivity index (χ1v) is 11.1. The molecule has 2 aromatic carbocycles. The molecule has 1 amide bonds. The summed E-state index contributed by atoms with van der Waals surface area (Å²) >= 11 is 0. The molecule has 14 heteroatoms. The number of anilines is 1. The number of alkyl halides is 6. The highest BCUT2D eigenvalue weighted by Crippen LogP contribution is 2.48. The zero-order chi connectivity index (χ0) is 27.0. The summed E-state index contributed by atoms with van der Waals surface area (Å²) in [5.74, 6) is 0.318. The van der Waals surface area contributed by atoms with E-state index in [1.54, 1.807) is 0 Å². The molecule has 0 saturated carbocycles. The van der Waals surface area contributed by atoms with Crippen molar-refractivity contribution in [2.45, 2.75) is 49.2 Å². The lowest BCUT2D eigenvalue weighted by atomic mass is 9.89. The van der Waals surface area contributed by atoms with Crippen LogP contribution in [0.15, 0.2) is 53.4 Å². The molecule has 194 valence electrons. The molecular weight excluding hydrogens is 506 g/mol. The fourth-order valence-electron chi connectivity index (χ4n) is 2.85. The second-order valence-corrected chi connectivity index (χ2v) is 10.1. The smallest absolute Gasteiger partial charge is 0.429 e. The van der Waals surface area contributed by atoms with E-state index in [1.165, 1.54) is 52.1 Å². The van der Waals surface area contributed by atoms with E-state index in [-0.39, 0.29) is 22.1 Å². The van der Waals surface area contributed by atoms with Gasteiger partial charge in [0.25, 0.3) is 10.0 Å². The van der Waals surface area contributed by atoms with E-state index in [0.717, 1.165) is 0 Å². The van der Waals surface area contributed by atoms with Gasteiger partial charge in [-0.15, -0.1) is 0 Å². The van der Waals surface area contributed by atoms with Crippen molar-refractivity contribution in [3.63, 3.8) is 0 Å². The normalized spacial score (nSPS) is 13.3. The molecule has 2 N–H and O–H groups in total. The van der Waals surface area contributed by atoms with Gasteiger partial charge in [-0.3, -0.25) is 0 Å². The number of hydrogen-bond donors (Lipinski definition) is 1. The average molecular weight is 528 g/mol. The van der Waals surface area contributed by atoms with Crippen LogP contribution in [0.25, 0.3) is 0 Å². The second kappa shape index (κ2) is 9.22. The third kappa shape index (κ3) is 5.64. The molecule has 35 heavy (non-hydrogen) atoms. The Hall–Kier alpha value is -3.00. The molecular formula is C21H22F6N2O5S. The fraction of sp³-hybridized carbons (Fsp3) is 0.381. The SMILES string of the molecule is COc1ccc(N(C(=O)OC(C)(C)C)S(=O)(=O)c2ccc(C(N)(C(F)(F)F)C(F)(F)F)cc2)cc1. The quantitative estimate of drug-likeness (QED) is 0.542. The first kappa shape index (κ1) is 28.2. The van der Waals surface area contributed by atoms with Crippen LogP contribution in [0.1, 0.15) is 26.3 Å². The van der Waals surface area contributed by atoms with Gasteiger partial charge in [0.15, 0.2) is 0 Å². The monoisotopic (exact) mass is 528 g/mol. The maximum Gasteiger partial charge on any atom is 0.429 e. The molecule has 0 heterocycles. The number of halogens is 6. The summed E-state index contributed by atoms with van der Waals surface area (Å²) in [4.78, 5) is 12.0. The number of nitrogens with two attached hydrogens (primary N) is 1. The second-order valence-electron chi connectivity index (χ2n) is 8.28. The van der Waals surface area contributed by atoms with Gasteiger partial charge in [0.2, 0.25) is 5.54 Å². The zero-order valence-corrected chi connectivity index (χ0v) is 19.7. The molecule has 0 aliphatic rings. The molecule has 0 bridgehead atoms.